The molecule has 162 valence electrons. The topological polar surface area (TPSA) is 64.0 Å². The molecular weight excluding hydrogens is 398 g/mol. The predicted octanol–water partition coefficient (Wildman–Crippen LogP) is 4.93. The minimum Gasteiger partial charge on any atom is -0.351 e. The highest BCUT2D eigenvalue weighted by Crippen LogP contribution is 2.27. The summed E-state index contributed by atoms with van der Waals surface area (Å²) in [6, 6.07) is 27.6. The second-order valence-corrected chi connectivity index (χ2v) is 8.16. The number of benzene rings is 3. The number of nitrogens with one attached hydrogen (secondary N) is 1. The van der Waals surface area contributed by atoms with Crippen LogP contribution in [-0.2, 0) is 0 Å². The third kappa shape index (κ3) is 4.47. The molecule has 5 heteroatoms. The van der Waals surface area contributed by atoms with Gasteiger partial charge in [0.1, 0.15) is 0 Å². The number of carbonyl (C=O) groups excluding carboxylic acids is 1. The van der Waals surface area contributed by atoms with Gasteiger partial charge in [0, 0.05) is 17.8 Å². The summed E-state index contributed by atoms with van der Waals surface area (Å²) in [5.41, 5.74) is 2.53. The van der Waals surface area contributed by atoms with E-state index in [0.717, 1.165) is 6.42 Å². The third-order valence-electron chi connectivity index (χ3n) is 5.66. The van der Waals surface area contributed by atoms with E-state index in [-0.39, 0.29) is 29.1 Å². The Hall–Kier alpha value is -3.73. The fourth-order valence-corrected chi connectivity index (χ4v) is 4.03. The number of hydrogen-bond donors (Lipinski definition) is 1. The predicted molar refractivity (Wildman–Crippen MR) is 128 cm³/mol. The molecular formula is C27H27N3O2. The maximum Gasteiger partial charge on any atom is 0.274 e. The lowest BCUT2D eigenvalue weighted by Gasteiger charge is -2.19. The van der Waals surface area contributed by atoms with Crippen LogP contribution >= 0.6 is 0 Å². The molecule has 32 heavy (non-hydrogen) atoms. The first kappa shape index (κ1) is 21.5. The lowest BCUT2D eigenvalue weighted by atomic mass is 9.88. The zero-order valence-corrected chi connectivity index (χ0v) is 18.4. The Balaban J connectivity index is 1.58. The van der Waals surface area contributed by atoms with Crippen LogP contribution in [0.2, 0.25) is 0 Å². The molecule has 0 spiro atoms. The van der Waals surface area contributed by atoms with Crippen LogP contribution < -0.4 is 10.9 Å². The van der Waals surface area contributed by atoms with Crippen molar-refractivity contribution in [2.75, 3.05) is 6.54 Å². The molecule has 1 aromatic heterocycles. The molecule has 0 saturated carbocycles. The first-order valence-corrected chi connectivity index (χ1v) is 11.0. The minimum absolute atomic E-state index is 0.140. The third-order valence-corrected chi connectivity index (χ3v) is 5.66. The van der Waals surface area contributed by atoms with Gasteiger partial charge >= 0.3 is 0 Å². The molecule has 0 saturated heterocycles. The van der Waals surface area contributed by atoms with E-state index in [1.54, 1.807) is 18.2 Å². The van der Waals surface area contributed by atoms with Crippen LogP contribution in [0.5, 0.6) is 0 Å². The summed E-state index contributed by atoms with van der Waals surface area (Å²) < 4.78 is 1.38. The van der Waals surface area contributed by atoms with E-state index in [0.29, 0.717) is 17.3 Å². The summed E-state index contributed by atoms with van der Waals surface area (Å²) in [6.07, 6.45) is 0.752. The van der Waals surface area contributed by atoms with E-state index in [9.17, 15) is 9.59 Å². The smallest absolute Gasteiger partial charge is 0.274 e. The molecule has 0 radical (unpaired) electrons. The summed E-state index contributed by atoms with van der Waals surface area (Å²) in [5, 5.41) is 8.52. The molecule has 0 aliphatic heterocycles. The Bertz CT molecular complexity index is 1230. The van der Waals surface area contributed by atoms with Crippen LogP contribution in [0, 0.1) is 0 Å². The van der Waals surface area contributed by atoms with Crippen molar-refractivity contribution in [3.05, 3.63) is 112 Å². The van der Waals surface area contributed by atoms with Gasteiger partial charge in [0.15, 0.2) is 5.69 Å². The Morgan fingerprint density at radius 3 is 1.94 bits per heavy atom. The van der Waals surface area contributed by atoms with E-state index in [2.05, 4.69) is 34.7 Å². The number of carbonyl (C=O) groups is 1. The van der Waals surface area contributed by atoms with Gasteiger partial charge in [-0.1, -0.05) is 78.9 Å². The van der Waals surface area contributed by atoms with Gasteiger partial charge in [-0.2, -0.15) is 5.10 Å². The van der Waals surface area contributed by atoms with Crippen molar-refractivity contribution >= 4 is 16.7 Å². The van der Waals surface area contributed by atoms with Crippen LogP contribution in [-0.4, -0.2) is 22.2 Å². The Morgan fingerprint density at radius 2 is 1.38 bits per heavy atom. The average Bonchev–Trinajstić information content (AvgIpc) is 2.83. The summed E-state index contributed by atoms with van der Waals surface area (Å²) >= 11 is 0. The maximum absolute atomic E-state index is 13.1. The van der Waals surface area contributed by atoms with Gasteiger partial charge in [-0.05, 0) is 37.5 Å². The van der Waals surface area contributed by atoms with Crippen LogP contribution in [0.1, 0.15) is 53.8 Å². The van der Waals surface area contributed by atoms with Crippen LogP contribution in [0.15, 0.2) is 89.7 Å². The van der Waals surface area contributed by atoms with Gasteiger partial charge in [-0.25, -0.2) is 4.68 Å². The summed E-state index contributed by atoms with van der Waals surface area (Å²) in [5.74, 6) is -0.0949. The summed E-state index contributed by atoms with van der Waals surface area (Å²) in [4.78, 5) is 25.8. The van der Waals surface area contributed by atoms with Crippen molar-refractivity contribution in [1.82, 2.24) is 15.1 Å². The van der Waals surface area contributed by atoms with Crippen LogP contribution in [0.3, 0.4) is 0 Å². The number of fused-ring (bicyclic) bond motifs is 1. The van der Waals surface area contributed by atoms with Gasteiger partial charge in [0.2, 0.25) is 0 Å². The molecule has 3 aromatic carbocycles. The van der Waals surface area contributed by atoms with E-state index in [1.807, 2.05) is 56.3 Å². The molecule has 0 bridgehead atoms. The first-order chi connectivity index (χ1) is 15.6. The quantitative estimate of drug-likeness (QED) is 0.457. The molecule has 5 nitrogen and oxygen atoms in total. The van der Waals surface area contributed by atoms with Crippen molar-refractivity contribution in [2.24, 2.45) is 0 Å². The largest absolute Gasteiger partial charge is 0.351 e. The van der Waals surface area contributed by atoms with E-state index < -0.39 is 0 Å². The minimum atomic E-state index is -0.268. The number of hydrogen-bond acceptors (Lipinski definition) is 3. The van der Waals surface area contributed by atoms with Gasteiger partial charge in [-0.15, -0.1) is 0 Å². The zero-order valence-electron chi connectivity index (χ0n) is 18.4. The van der Waals surface area contributed by atoms with Gasteiger partial charge in [0.05, 0.1) is 11.4 Å². The summed E-state index contributed by atoms with van der Waals surface area (Å²) in [7, 11) is 0. The van der Waals surface area contributed by atoms with Gasteiger partial charge in [0.25, 0.3) is 11.5 Å². The van der Waals surface area contributed by atoms with Crippen LogP contribution in [0.25, 0.3) is 10.8 Å². The van der Waals surface area contributed by atoms with Crippen molar-refractivity contribution in [1.29, 1.82) is 0 Å². The van der Waals surface area contributed by atoms with Gasteiger partial charge < -0.3 is 5.32 Å². The molecule has 4 rings (SSSR count). The fraction of sp³-hybridized carbons (Fsp3) is 0.222. The Morgan fingerprint density at radius 1 is 0.844 bits per heavy atom. The molecule has 0 atom stereocenters. The van der Waals surface area contributed by atoms with Crippen molar-refractivity contribution in [3.63, 3.8) is 0 Å². The second kappa shape index (κ2) is 9.60. The van der Waals surface area contributed by atoms with Crippen molar-refractivity contribution in [3.8, 4) is 0 Å². The highest BCUT2D eigenvalue weighted by atomic mass is 16.2. The summed E-state index contributed by atoms with van der Waals surface area (Å²) in [6.45, 7) is 4.26. The zero-order chi connectivity index (χ0) is 22.5. The molecule has 1 heterocycles. The lowest BCUT2D eigenvalue weighted by molar-refractivity contribution is 0.0947. The first-order valence-electron chi connectivity index (χ1n) is 11.0. The maximum atomic E-state index is 13.1. The number of nitrogens with zero attached hydrogens (tertiary/aromatic N) is 2. The Labute approximate surface area is 187 Å². The Kier molecular flexibility index (Phi) is 6.45. The molecule has 0 aliphatic rings. The highest BCUT2D eigenvalue weighted by molar-refractivity contribution is 6.04. The number of amides is 1. The van der Waals surface area contributed by atoms with Gasteiger partial charge in [-0.3, -0.25) is 9.59 Å². The highest BCUT2D eigenvalue weighted by Gasteiger charge is 2.19. The van der Waals surface area contributed by atoms with Crippen LogP contribution in [0.4, 0.5) is 0 Å². The molecule has 0 fully saturated rings. The van der Waals surface area contributed by atoms with E-state index >= 15 is 0 Å². The van der Waals surface area contributed by atoms with E-state index in [1.165, 1.54) is 15.8 Å². The van der Waals surface area contributed by atoms with E-state index in [4.69, 9.17) is 0 Å². The number of aromatic nitrogens is 2. The standard InChI is InChI=1S/C27H27N3O2/c1-19(2)30-27(32)24-16-10-9-15-23(24)25(29-30)26(31)28-18-17-22(20-11-5-3-6-12-20)21-13-7-4-8-14-21/h3-16,19,22H,17-18H2,1-2H3,(H,28,31). The molecule has 0 unspecified atom stereocenters. The second-order valence-electron chi connectivity index (χ2n) is 8.16. The average molecular weight is 426 g/mol. The van der Waals surface area contributed by atoms with Crippen molar-refractivity contribution < 1.29 is 4.79 Å². The number of rotatable bonds is 7. The van der Waals surface area contributed by atoms with Crippen molar-refractivity contribution in [2.45, 2.75) is 32.2 Å². The molecule has 0 aliphatic carbocycles. The lowest BCUT2D eigenvalue weighted by Crippen LogP contribution is -2.32. The molecule has 1 amide bonds. The molecule has 4 aromatic rings. The fourth-order valence-electron chi connectivity index (χ4n) is 4.03. The monoisotopic (exact) mass is 425 g/mol. The normalized spacial score (nSPS) is 11.2. The SMILES string of the molecule is CC(C)n1nc(C(=O)NCCC(c2ccccc2)c2ccccc2)c2ccccc2c1=O. The molecule has 1 N–H and O–H groups in total.